The minimum Gasteiger partial charge on any atom is -0.490 e. The van der Waals surface area contributed by atoms with Crippen molar-refractivity contribution in [3.05, 3.63) is 23.8 Å². The van der Waals surface area contributed by atoms with Gasteiger partial charge in [-0.1, -0.05) is 19.9 Å². The number of alkyl halides is 2. The maximum atomic E-state index is 12.2. The highest BCUT2D eigenvalue weighted by atomic mass is 19.3. The molecule has 102 valence electrons. The van der Waals surface area contributed by atoms with Crippen molar-refractivity contribution in [1.29, 1.82) is 0 Å². The summed E-state index contributed by atoms with van der Waals surface area (Å²) in [5.41, 5.74) is 0.620. The van der Waals surface area contributed by atoms with Crippen molar-refractivity contribution < 1.29 is 23.4 Å². The molecule has 0 saturated carbocycles. The second-order valence-electron chi connectivity index (χ2n) is 4.21. The lowest BCUT2D eigenvalue weighted by molar-refractivity contribution is -0.0514. The van der Waals surface area contributed by atoms with Crippen molar-refractivity contribution in [2.75, 3.05) is 6.61 Å². The predicted octanol–water partition coefficient (Wildman–Crippen LogP) is 3.38. The Hall–Kier alpha value is -1.36. The van der Waals surface area contributed by atoms with Gasteiger partial charge in [-0.2, -0.15) is 8.78 Å². The van der Waals surface area contributed by atoms with Crippen LogP contribution in [0.2, 0.25) is 0 Å². The van der Waals surface area contributed by atoms with Gasteiger partial charge < -0.3 is 14.6 Å². The van der Waals surface area contributed by atoms with Gasteiger partial charge in [-0.3, -0.25) is 0 Å². The maximum Gasteiger partial charge on any atom is 0.387 e. The van der Waals surface area contributed by atoms with Crippen molar-refractivity contribution in [2.24, 2.45) is 5.92 Å². The van der Waals surface area contributed by atoms with Crippen molar-refractivity contribution in [1.82, 2.24) is 0 Å². The molecule has 1 rings (SSSR count). The van der Waals surface area contributed by atoms with E-state index in [1.165, 1.54) is 12.1 Å². The van der Waals surface area contributed by atoms with E-state index >= 15 is 0 Å². The normalized spacial score (nSPS) is 12.9. The molecule has 0 aliphatic heterocycles. The molecule has 0 aliphatic carbocycles. The van der Waals surface area contributed by atoms with Crippen LogP contribution in [-0.2, 0) is 0 Å². The van der Waals surface area contributed by atoms with Gasteiger partial charge in [0.1, 0.15) is 0 Å². The third-order valence-electron chi connectivity index (χ3n) is 2.46. The molecule has 3 nitrogen and oxygen atoms in total. The summed E-state index contributed by atoms with van der Waals surface area (Å²) in [7, 11) is 0. The van der Waals surface area contributed by atoms with Crippen LogP contribution in [-0.4, -0.2) is 18.3 Å². The largest absolute Gasteiger partial charge is 0.490 e. The minimum atomic E-state index is -2.90. The molecule has 0 spiro atoms. The number of aliphatic hydroxyl groups excluding tert-OH is 1. The highest BCUT2D eigenvalue weighted by molar-refractivity contribution is 5.43. The summed E-state index contributed by atoms with van der Waals surface area (Å²) in [6.45, 7) is 2.92. The van der Waals surface area contributed by atoms with E-state index in [2.05, 4.69) is 4.74 Å². The third kappa shape index (κ3) is 3.84. The molecule has 0 amide bonds. The molecular weight excluding hydrogens is 242 g/mol. The van der Waals surface area contributed by atoms with Crippen molar-refractivity contribution >= 4 is 0 Å². The summed E-state index contributed by atoms with van der Waals surface area (Å²) < 4.78 is 34.0. The fourth-order valence-corrected chi connectivity index (χ4v) is 1.56. The monoisotopic (exact) mass is 260 g/mol. The molecule has 1 aromatic carbocycles. The average molecular weight is 260 g/mol. The Balaban J connectivity index is 3.02. The number of hydrogen-bond donors (Lipinski definition) is 1. The molecule has 0 bridgehead atoms. The SMILES string of the molecule is CCOc1cc(C(O)C(C)C)ccc1OC(F)F. The number of hydrogen-bond acceptors (Lipinski definition) is 3. The van der Waals surface area contributed by atoms with Gasteiger partial charge in [0.25, 0.3) is 0 Å². The van der Waals surface area contributed by atoms with E-state index in [-0.39, 0.29) is 17.4 Å². The Bertz CT molecular complexity index is 380. The van der Waals surface area contributed by atoms with E-state index in [0.717, 1.165) is 0 Å². The van der Waals surface area contributed by atoms with Gasteiger partial charge in [0.2, 0.25) is 0 Å². The van der Waals surface area contributed by atoms with Crippen molar-refractivity contribution in [2.45, 2.75) is 33.5 Å². The molecule has 0 aliphatic rings. The van der Waals surface area contributed by atoms with Crippen LogP contribution in [0.15, 0.2) is 18.2 Å². The average Bonchev–Trinajstić information content (AvgIpc) is 2.30. The zero-order chi connectivity index (χ0) is 13.7. The Morgan fingerprint density at radius 2 is 1.89 bits per heavy atom. The van der Waals surface area contributed by atoms with E-state index in [9.17, 15) is 13.9 Å². The van der Waals surface area contributed by atoms with Crippen LogP contribution in [0.5, 0.6) is 11.5 Å². The predicted molar refractivity (Wildman–Crippen MR) is 64.0 cm³/mol. The molecule has 1 atom stereocenters. The van der Waals surface area contributed by atoms with E-state index in [0.29, 0.717) is 12.2 Å². The Morgan fingerprint density at radius 1 is 1.22 bits per heavy atom. The van der Waals surface area contributed by atoms with Gasteiger partial charge >= 0.3 is 6.61 Å². The number of benzene rings is 1. The summed E-state index contributed by atoms with van der Waals surface area (Å²) in [5, 5.41) is 9.92. The van der Waals surface area contributed by atoms with Gasteiger partial charge in [0.15, 0.2) is 11.5 Å². The standard InChI is InChI=1S/C13H18F2O3/c1-4-17-11-7-9(12(16)8(2)3)5-6-10(11)18-13(14)15/h5-8,12-13,16H,4H2,1-3H3. The molecule has 5 heteroatoms. The summed E-state index contributed by atoms with van der Waals surface area (Å²) in [5.74, 6) is 0.225. The number of ether oxygens (including phenoxy) is 2. The fraction of sp³-hybridized carbons (Fsp3) is 0.538. The second kappa shape index (κ2) is 6.54. The van der Waals surface area contributed by atoms with Crippen LogP contribution in [0, 0.1) is 5.92 Å². The fourth-order valence-electron chi connectivity index (χ4n) is 1.56. The Kier molecular flexibility index (Phi) is 5.34. The minimum absolute atomic E-state index is 0.0217. The summed E-state index contributed by atoms with van der Waals surface area (Å²) in [6, 6.07) is 4.48. The second-order valence-corrected chi connectivity index (χ2v) is 4.21. The smallest absolute Gasteiger partial charge is 0.387 e. The van der Waals surface area contributed by atoms with Crippen LogP contribution in [0.1, 0.15) is 32.4 Å². The van der Waals surface area contributed by atoms with Gasteiger partial charge in [0.05, 0.1) is 12.7 Å². The van der Waals surface area contributed by atoms with Crippen LogP contribution in [0.4, 0.5) is 8.78 Å². The lowest BCUT2D eigenvalue weighted by Gasteiger charge is -2.17. The number of halogens is 2. The van der Waals surface area contributed by atoms with Crippen molar-refractivity contribution in [3.63, 3.8) is 0 Å². The first-order valence-corrected chi connectivity index (χ1v) is 5.85. The molecule has 1 unspecified atom stereocenters. The van der Waals surface area contributed by atoms with Crippen LogP contribution in [0.3, 0.4) is 0 Å². The zero-order valence-corrected chi connectivity index (χ0v) is 10.7. The van der Waals surface area contributed by atoms with Gasteiger partial charge in [-0.15, -0.1) is 0 Å². The maximum absolute atomic E-state index is 12.2. The lowest BCUT2D eigenvalue weighted by Crippen LogP contribution is -2.08. The molecule has 1 aromatic rings. The van der Waals surface area contributed by atoms with Crippen molar-refractivity contribution in [3.8, 4) is 11.5 Å². The summed E-state index contributed by atoms with van der Waals surface area (Å²) >= 11 is 0. The van der Waals surface area contributed by atoms with Crippen LogP contribution in [0.25, 0.3) is 0 Å². The molecule has 0 saturated heterocycles. The van der Waals surface area contributed by atoms with Gasteiger partial charge in [-0.05, 0) is 30.5 Å². The van der Waals surface area contributed by atoms with Gasteiger partial charge in [-0.25, -0.2) is 0 Å². The highest BCUT2D eigenvalue weighted by Gasteiger charge is 2.16. The topological polar surface area (TPSA) is 38.7 Å². The van der Waals surface area contributed by atoms with Crippen LogP contribution >= 0.6 is 0 Å². The van der Waals surface area contributed by atoms with E-state index in [4.69, 9.17) is 4.74 Å². The summed E-state index contributed by atoms with van der Waals surface area (Å²) in [4.78, 5) is 0. The first-order chi connectivity index (χ1) is 8.45. The van der Waals surface area contributed by atoms with E-state index in [1.807, 2.05) is 13.8 Å². The molecule has 1 N–H and O–H groups in total. The Morgan fingerprint density at radius 3 is 2.39 bits per heavy atom. The first-order valence-electron chi connectivity index (χ1n) is 5.85. The molecule has 0 aromatic heterocycles. The van der Waals surface area contributed by atoms with E-state index < -0.39 is 12.7 Å². The van der Waals surface area contributed by atoms with E-state index in [1.54, 1.807) is 13.0 Å². The Labute approximate surface area is 105 Å². The molecule has 0 fully saturated rings. The molecule has 0 radical (unpaired) electrons. The number of aliphatic hydroxyl groups is 1. The molecule has 18 heavy (non-hydrogen) atoms. The lowest BCUT2D eigenvalue weighted by atomic mass is 9.99. The van der Waals surface area contributed by atoms with Gasteiger partial charge in [0, 0.05) is 0 Å². The zero-order valence-electron chi connectivity index (χ0n) is 10.7. The molecule has 0 heterocycles. The first kappa shape index (κ1) is 14.7. The highest BCUT2D eigenvalue weighted by Crippen LogP contribution is 2.33. The number of rotatable bonds is 6. The van der Waals surface area contributed by atoms with Crippen LogP contribution < -0.4 is 9.47 Å². The third-order valence-corrected chi connectivity index (χ3v) is 2.46. The summed E-state index contributed by atoms with van der Waals surface area (Å²) in [6.07, 6.45) is -0.662. The molecular formula is C13H18F2O3. The quantitative estimate of drug-likeness (QED) is 0.852.